The SMILES string of the molecule is [2H]C([2H])(C#C)OC([2H])([2H])C([2H])([2H])O[Si](OC(C)(C)CNC(=O)CCOCCCC(=O)CCCC[C@@H]1SC[C@@H]2NC(=O)N[C@@H]21)(c1ccccc1)c1ccccc1. The normalized spacial score (nSPS) is 21.4. The Balaban J connectivity index is 1.26. The number of ketones is 1. The van der Waals surface area contributed by atoms with E-state index in [0.717, 1.165) is 25.0 Å². The van der Waals surface area contributed by atoms with E-state index in [1.165, 1.54) is 0 Å². The molecule has 2 aliphatic rings. The first-order chi connectivity index (χ1) is 25.9. The quantitative estimate of drug-likeness (QED) is 0.0694. The number of Topliss-reactive ketones (excluding diaryl/α,β-unsaturated/α-hetero) is 1. The number of amides is 3. The fourth-order valence-corrected chi connectivity index (χ4v) is 10.5. The summed E-state index contributed by atoms with van der Waals surface area (Å²) in [7, 11) is -4.25. The van der Waals surface area contributed by atoms with Gasteiger partial charge in [0.25, 0.3) is 0 Å². The summed E-state index contributed by atoms with van der Waals surface area (Å²) < 4.78 is 72.8. The number of rotatable bonds is 23. The van der Waals surface area contributed by atoms with Gasteiger partial charge >= 0.3 is 14.6 Å². The Morgan fingerprint density at radius 2 is 1.67 bits per heavy atom. The average Bonchev–Trinajstić information content (AvgIpc) is 3.69. The van der Waals surface area contributed by atoms with Gasteiger partial charge in [-0.3, -0.25) is 9.59 Å². The minimum atomic E-state index is -4.25. The minimum absolute atomic E-state index is 0.0314. The van der Waals surface area contributed by atoms with Crippen molar-refractivity contribution in [3.05, 3.63) is 60.7 Å². The molecule has 2 saturated heterocycles. The number of carbonyl (C=O) groups excluding carboxylic acids is 3. The predicted molar refractivity (Wildman–Crippen MR) is 195 cm³/mol. The smallest absolute Gasteiger partial charge is 0.385 e. The van der Waals surface area contributed by atoms with Crippen LogP contribution in [0.25, 0.3) is 0 Å². The third-order valence-electron chi connectivity index (χ3n) is 8.19. The highest BCUT2D eigenvalue weighted by Gasteiger charge is 2.47. The van der Waals surface area contributed by atoms with E-state index in [-0.39, 0.29) is 49.4 Å². The van der Waals surface area contributed by atoms with Crippen LogP contribution < -0.4 is 26.3 Å². The molecule has 0 saturated carbocycles. The molecule has 3 atom stereocenters. The van der Waals surface area contributed by atoms with Crippen LogP contribution in [0.1, 0.15) is 67.0 Å². The third kappa shape index (κ3) is 12.3. The number of nitrogens with one attached hydrogen (secondary N) is 3. The number of ether oxygens (including phenoxy) is 2. The molecule has 12 heteroatoms. The van der Waals surface area contributed by atoms with Gasteiger partial charge in [0.1, 0.15) is 12.3 Å². The second-order valence-corrected chi connectivity index (χ2v) is 16.6. The number of hydrogen-bond acceptors (Lipinski definition) is 8. The highest BCUT2D eigenvalue weighted by atomic mass is 32.2. The summed E-state index contributed by atoms with van der Waals surface area (Å²) in [5, 5.41) is 9.99. The minimum Gasteiger partial charge on any atom is -0.385 e. The van der Waals surface area contributed by atoms with Gasteiger partial charge < -0.3 is 34.3 Å². The first-order valence-corrected chi connectivity index (χ1v) is 19.5. The van der Waals surface area contributed by atoms with Crippen molar-refractivity contribution in [2.45, 2.75) is 81.7 Å². The molecule has 4 rings (SSSR count). The van der Waals surface area contributed by atoms with Crippen LogP contribution in [-0.2, 0) is 27.9 Å². The fraction of sp³-hybridized carbons (Fsp3) is 0.541. The number of fused-ring (bicyclic) bond motifs is 1. The molecule has 0 unspecified atom stereocenters. The van der Waals surface area contributed by atoms with Crippen molar-refractivity contribution < 1.29 is 40.9 Å². The lowest BCUT2D eigenvalue weighted by Gasteiger charge is -2.39. The van der Waals surface area contributed by atoms with Crippen LogP contribution in [0.5, 0.6) is 0 Å². The van der Waals surface area contributed by atoms with Crippen molar-refractivity contribution in [2.75, 3.05) is 45.2 Å². The first kappa shape index (κ1) is 30.6. The number of unbranched alkanes of at least 4 members (excludes halogenated alkanes) is 1. The molecular weight excluding hydrogens is 659 g/mol. The second-order valence-electron chi connectivity index (χ2n) is 12.5. The zero-order valence-electron chi connectivity index (χ0n) is 34.1. The van der Waals surface area contributed by atoms with Crippen molar-refractivity contribution >= 4 is 48.4 Å². The molecule has 2 aromatic carbocycles. The Morgan fingerprint density at radius 3 is 2.37 bits per heavy atom. The zero-order chi connectivity index (χ0) is 40.3. The van der Waals surface area contributed by atoms with E-state index in [1.54, 1.807) is 80.4 Å². The number of hydrogen-bond donors (Lipinski definition) is 3. The van der Waals surface area contributed by atoms with E-state index in [1.807, 2.05) is 11.8 Å². The summed E-state index contributed by atoms with van der Waals surface area (Å²) >= 11 is 1.87. The van der Waals surface area contributed by atoms with Gasteiger partial charge in [0.05, 0.1) is 45.6 Å². The van der Waals surface area contributed by atoms with E-state index in [2.05, 4.69) is 16.0 Å². The van der Waals surface area contributed by atoms with Gasteiger partial charge in [-0.05, 0) is 43.5 Å². The fourth-order valence-electron chi connectivity index (χ4n) is 5.81. The summed E-state index contributed by atoms with van der Waals surface area (Å²) in [6, 6.07) is 17.3. The van der Waals surface area contributed by atoms with Crippen LogP contribution >= 0.6 is 11.8 Å². The van der Waals surface area contributed by atoms with Crippen LogP contribution in [0.4, 0.5) is 4.79 Å². The lowest BCUT2D eigenvalue weighted by molar-refractivity contribution is -0.123. The van der Waals surface area contributed by atoms with Crippen LogP contribution in [0.15, 0.2) is 60.7 Å². The molecule has 0 radical (unpaired) electrons. The van der Waals surface area contributed by atoms with Crippen LogP contribution in [-0.4, -0.2) is 94.4 Å². The molecule has 0 spiro atoms. The van der Waals surface area contributed by atoms with E-state index in [4.69, 9.17) is 33.0 Å². The number of terminal acetylenes is 1. The standard InChI is InChI=1S/C37H51N3O7SSi/c1-4-22-44-25-26-46-49(30-16-7-5-8-17-30,31-18-9-6-10-19-31)47-37(2,3)28-38-34(42)21-24-45-23-13-15-29(41)14-11-12-20-33-35-32(27-48-33)39-36(43)40-35/h1,5-10,16-19,32-33,35H,11-15,20-28H2,2-3H3,(H,38,42)(H2,39,40,43)/t32-,33-,35-/m0/s1/i22D2,25D2,26D2. The largest absolute Gasteiger partial charge is 0.407 e. The summed E-state index contributed by atoms with van der Waals surface area (Å²) in [6.07, 6.45) is 9.37. The monoisotopic (exact) mass is 715 g/mol. The molecule has 2 aliphatic heterocycles. The molecule has 0 aromatic heterocycles. The molecule has 266 valence electrons. The Kier molecular flexibility index (Phi) is 12.4. The van der Waals surface area contributed by atoms with Crippen LogP contribution in [0.2, 0.25) is 0 Å². The molecule has 0 aliphatic carbocycles. The van der Waals surface area contributed by atoms with Gasteiger partial charge in [-0.1, -0.05) is 73.0 Å². The second kappa shape index (κ2) is 19.9. The molecule has 2 heterocycles. The maximum atomic E-state index is 12.9. The topological polar surface area (TPSA) is 124 Å². The maximum Gasteiger partial charge on any atom is 0.407 e. The Hall–Kier alpha value is -3.18. The maximum absolute atomic E-state index is 12.9. The Labute approximate surface area is 304 Å². The number of benzene rings is 2. The van der Waals surface area contributed by atoms with E-state index >= 15 is 0 Å². The highest BCUT2D eigenvalue weighted by molar-refractivity contribution is 8.00. The number of urea groups is 1. The number of thioether (sulfide) groups is 1. The average molecular weight is 716 g/mol. The van der Waals surface area contributed by atoms with Crippen molar-refractivity contribution in [2.24, 2.45) is 0 Å². The summed E-state index contributed by atoms with van der Waals surface area (Å²) in [6.45, 7) is -5.78. The molecule has 3 N–H and O–H groups in total. The van der Waals surface area contributed by atoms with E-state index in [0.29, 0.717) is 41.5 Å². The zero-order valence-corrected chi connectivity index (χ0v) is 29.9. The van der Waals surface area contributed by atoms with E-state index in [9.17, 15) is 14.4 Å². The van der Waals surface area contributed by atoms with Gasteiger partial charge in [0.15, 0.2) is 0 Å². The number of carbonyl (C=O) groups is 3. The Morgan fingerprint density at radius 1 is 0.980 bits per heavy atom. The lowest BCUT2D eigenvalue weighted by atomic mass is 10.0. The Bertz CT molecular complexity index is 1600. The van der Waals surface area contributed by atoms with Gasteiger partial charge in [-0.2, -0.15) is 11.8 Å². The molecule has 0 bridgehead atoms. The first-order valence-electron chi connectivity index (χ1n) is 19.6. The van der Waals surface area contributed by atoms with Crippen molar-refractivity contribution in [3.63, 3.8) is 0 Å². The van der Waals surface area contributed by atoms with Gasteiger partial charge in [0, 0.05) is 43.4 Å². The van der Waals surface area contributed by atoms with Crippen LogP contribution in [0, 0.1) is 12.3 Å². The molecule has 10 nitrogen and oxygen atoms in total. The molecule has 3 amide bonds. The van der Waals surface area contributed by atoms with Gasteiger partial charge in [-0.15, -0.1) is 6.42 Å². The summed E-state index contributed by atoms with van der Waals surface area (Å²) in [4.78, 5) is 36.8. The van der Waals surface area contributed by atoms with Crippen molar-refractivity contribution in [1.29, 1.82) is 0 Å². The molecule has 2 fully saturated rings. The third-order valence-corrected chi connectivity index (χ3v) is 13.1. The van der Waals surface area contributed by atoms with Gasteiger partial charge in [-0.25, -0.2) is 4.79 Å². The van der Waals surface area contributed by atoms with Crippen molar-refractivity contribution in [3.8, 4) is 12.3 Å². The van der Waals surface area contributed by atoms with E-state index < -0.39 is 33.8 Å². The molecule has 49 heavy (non-hydrogen) atoms. The highest BCUT2D eigenvalue weighted by Crippen LogP contribution is 2.33. The summed E-state index contributed by atoms with van der Waals surface area (Å²) in [5.41, 5.74) is -1.20. The summed E-state index contributed by atoms with van der Waals surface area (Å²) in [5.74, 6) is 2.44. The lowest BCUT2D eigenvalue weighted by Crippen LogP contribution is -2.67. The predicted octanol–water partition coefficient (Wildman–Crippen LogP) is 3.30. The van der Waals surface area contributed by atoms with Gasteiger partial charge in [0.2, 0.25) is 5.91 Å². The molecule has 2 aromatic rings. The van der Waals surface area contributed by atoms with Crippen molar-refractivity contribution in [1.82, 2.24) is 16.0 Å². The van der Waals surface area contributed by atoms with Crippen LogP contribution in [0.3, 0.4) is 0 Å². The molecular formula is C37H51N3O7SSi.